The van der Waals surface area contributed by atoms with Gasteiger partial charge in [0.1, 0.15) is 12.1 Å². The van der Waals surface area contributed by atoms with Gasteiger partial charge in [0.05, 0.1) is 0 Å². The number of hydrazine groups is 1. The summed E-state index contributed by atoms with van der Waals surface area (Å²) in [4.78, 5) is 22.1. The highest BCUT2D eigenvalue weighted by atomic mass is 16.4. The molecule has 0 aliphatic rings. The summed E-state index contributed by atoms with van der Waals surface area (Å²) < 4.78 is 0. The Bertz CT molecular complexity index is 279. The third-order valence-corrected chi connectivity index (χ3v) is 2.58. The van der Waals surface area contributed by atoms with E-state index in [0.717, 1.165) is 0 Å². The molecule has 0 saturated carbocycles. The lowest BCUT2D eigenvalue weighted by Gasteiger charge is -2.31. The van der Waals surface area contributed by atoms with Crippen LogP contribution >= 0.6 is 0 Å². The van der Waals surface area contributed by atoms with E-state index in [-0.39, 0.29) is 11.8 Å². The molecule has 0 amide bonds. The van der Waals surface area contributed by atoms with E-state index >= 15 is 0 Å². The molecule has 17 heavy (non-hydrogen) atoms. The molecule has 3 N–H and O–H groups in total. The summed E-state index contributed by atoms with van der Waals surface area (Å²) in [6.07, 6.45) is 0. The standard InChI is InChI=1S/C11H22N2O4/c1-6(2)8(10(14)15)12-13(5)9(7(3)4)11(16)17/h6-9,12H,1-5H3,(H,14,15)(H,16,17)/t8-,9-/m0/s1. The minimum atomic E-state index is -0.986. The topological polar surface area (TPSA) is 89.9 Å². The van der Waals surface area contributed by atoms with Gasteiger partial charge < -0.3 is 10.2 Å². The second-order valence-corrected chi connectivity index (χ2v) is 4.83. The number of carboxylic acid groups (broad SMARTS) is 2. The zero-order chi connectivity index (χ0) is 13.7. The summed E-state index contributed by atoms with van der Waals surface area (Å²) in [7, 11) is 1.55. The van der Waals surface area contributed by atoms with E-state index in [1.165, 1.54) is 5.01 Å². The number of hydrogen-bond donors (Lipinski definition) is 3. The Kier molecular flexibility index (Phi) is 6.12. The Morgan fingerprint density at radius 3 is 1.71 bits per heavy atom. The van der Waals surface area contributed by atoms with Crippen molar-refractivity contribution in [2.24, 2.45) is 11.8 Å². The first-order chi connectivity index (χ1) is 7.68. The lowest BCUT2D eigenvalue weighted by atomic mass is 10.0. The quantitative estimate of drug-likeness (QED) is 0.571. The molecule has 6 nitrogen and oxygen atoms in total. The molecule has 0 unspecified atom stereocenters. The predicted molar refractivity (Wildman–Crippen MR) is 63.4 cm³/mol. The van der Waals surface area contributed by atoms with E-state index in [4.69, 9.17) is 10.2 Å². The second kappa shape index (κ2) is 6.56. The van der Waals surface area contributed by atoms with Gasteiger partial charge in [-0.15, -0.1) is 0 Å². The van der Waals surface area contributed by atoms with Crippen molar-refractivity contribution >= 4 is 11.9 Å². The fourth-order valence-corrected chi connectivity index (χ4v) is 1.69. The monoisotopic (exact) mass is 246 g/mol. The largest absolute Gasteiger partial charge is 0.480 e. The van der Waals surface area contributed by atoms with Gasteiger partial charge in [0.15, 0.2) is 0 Å². The van der Waals surface area contributed by atoms with Gasteiger partial charge in [0, 0.05) is 7.05 Å². The molecule has 0 aromatic carbocycles. The maximum Gasteiger partial charge on any atom is 0.322 e. The van der Waals surface area contributed by atoms with Crippen LogP contribution in [0, 0.1) is 11.8 Å². The summed E-state index contributed by atoms with van der Waals surface area (Å²) in [5.41, 5.74) is 2.73. The molecule has 0 heterocycles. The predicted octanol–water partition coefficient (Wildman–Crippen LogP) is 0.641. The summed E-state index contributed by atoms with van der Waals surface area (Å²) >= 11 is 0. The fraction of sp³-hybridized carbons (Fsp3) is 0.818. The normalized spacial score (nSPS) is 15.3. The summed E-state index contributed by atoms with van der Waals surface area (Å²) in [6.45, 7) is 7.10. The van der Waals surface area contributed by atoms with Crippen molar-refractivity contribution in [3.63, 3.8) is 0 Å². The van der Waals surface area contributed by atoms with Crippen molar-refractivity contribution in [1.29, 1.82) is 0 Å². The highest BCUT2D eigenvalue weighted by molar-refractivity contribution is 5.75. The van der Waals surface area contributed by atoms with Gasteiger partial charge in [-0.3, -0.25) is 9.59 Å². The van der Waals surface area contributed by atoms with Crippen molar-refractivity contribution in [1.82, 2.24) is 10.4 Å². The SMILES string of the molecule is CC(C)[C@H](NN(C)[C@H](C(=O)O)C(C)C)C(=O)O. The smallest absolute Gasteiger partial charge is 0.322 e. The number of likely N-dealkylation sites (N-methyl/N-ethyl adjacent to an activating group) is 1. The molecule has 0 aromatic rings. The lowest BCUT2D eigenvalue weighted by Crippen LogP contribution is -2.56. The van der Waals surface area contributed by atoms with E-state index in [1.54, 1.807) is 34.7 Å². The molecule has 6 heteroatoms. The van der Waals surface area contributed by atoms with Crippen LogP contribution in [-0.4, -0.2) is 46.3 Å². The number of carbonyl (C=O) groups is 2. The van der Waals surface area contributed by atoms with E-state index in [0.29, 0.717) is 0 Å². The molecule has 0 aromatic heterocycles. The molecule has 0 aliphatic heterocycles. The number of aliphatic carboxylic acids is 2. The Morgan fingerprint density at radius 2 is 1.47 bits per heavy atom. The molecule has 0 bridgehead atoms. The average Bonchev–Trinajstić information content (AvgIpc) is 2.11. The van der Waals surface area contributed by atoms with Crippen LogP contribution in [0.5, 0.6) is 0 Å². The highest BCUT2D eigenvalue weighted by Crippen LogP contribution is 2.10. The van der Waals surface area contributed by atoms with Gasteiger partial charge in [-0.2, -0.15) is 0 Å². The van der Waals surface area contributed by atoms with E-state index in [9.17, 15) is 9.59 Å². The number of carboxylic acids is 2. The molecular formula is C11H22N2O4. The number of rotatable bonds is 7. The van der Waals surface area contributed by atoms with E-state index in [2.05, 4.69) is 5.43 Å². The zero-order valence-electron chi connectivity index (χ0n) is 11.0. The van der Waals surface area contributed by atoms with Crippen LogP contribution in [0.2, 0.25) is 0 Å². The molecule has 0 aliphatic carbocycles. The van der Waals surface area contributed by atoms with Crippen LogP contribution in [0.15, 0.2) is 0 Å². The van der Waals surface area contributed by atoms with Crippen LogP contribution in [0.1, 0.15) is 27.7 Å². The fourth-order valence-electron chi connectivity index (χ4n) is 1.69. The molecule has 0 fully saturated rings. The van der Waals surface area contributed by atoms with Crippen molar-refractivity contribution < 1.29 is 19.8 Å². The van der Waals surface area contributed by atoms with Gasteiger partial charge in [-0.25, -0.2) is 10.4 Å². The van der Waals surface area contributed by atoms with Gasteiger partial charge >= 0.3 is 11.9 Å². The molecule has 100 valence electrons. The maximum absolute atomic E-state index is 11.1. The maximum atomic E-state index is 11.1. The second-order valence-electron chi connectivity index (χ2n) is 4.83. The van der Waals surface area contributed by atoms with E-state index in [1.807, 2.05) is 0 Å². The molecule has 2 atom stereocenters. The zero-order valence-corrected chi connectivity index (χ0v) is 11.0. The van der Waals surface area contributed by atoms with Crippen molar-refractivity contribution in [2.75, 3.05) is 7.05 Å². The average molecular weight is 246 g/mol. The minimum Gasteiger partial charge on any atom is -0.480 e. The van der Waals surface area contributed by atoms with Crippen molar-refractivity contribution in [3.8, 4) is 0 Å². The Morgan fingerprint density at radius 1 is 1.00 bits per heavy atom. The molecule has 0 saturated heterocycles. The first-order valence-corrected chi connectivity index (χ1v) is 5.63. The minimum absolute atomic E-state index is 0.119. The van der Waals surface area contributed by atoms with Crippen molar-refractivity contribution in [2.45, 2.75) is 39.8 Å². The third-order valence-electron chi connectivity index (χ3n) is 2.58. The van der Waals surface area contributed by atoms with Crippen LogP contribution in [0.25, 0.3) is 0 Å². The first-order valence-electron chi connectivity index (χ1n) is 5.63. The summed E-state index contributed by atoms with van der Waals surface area (Å²) in [5.74, 6) is -2.20. The van der Waals surface area contributed by atoms with Gasteiger partial charge in [-0.1, -0.05) is 27.7 Å². The van der Waals surface area contributed by atoms with Crippen molar-refractivity contribution in [3.05, 3.63) is 0 Å². The van der Waals surface area contributed by atoms with Crippen LogP contribution < -0.4 is 5.43 Å². The number of nitrogens with one attached hydrogen (secondary N) is 1. The Hall–Kier alpha value is -1.14. The lowest BCUT2D eigenvalue weighted by molar-refractivity contribution is -0.150. The summed E-state index contributed by atoms with van der Waals surface area (Å²) in [6, 6.07) is -1.55. The first kappa shape index (κ1) is 15.9. The van der Waals surface area contributed by atoms with Crippen LogP contribution in [0.3, 0.4) is 0 Å². The Labute approximate surface area is 102 Å². The van der Waals surface area contributed by atoms with Crippen LogP contribution in [0.4, 0.5) is 0 Å². The van der Waals surface area contributed by atoms with Gasteiger partial charge in [0.2, 0.25) is 0 Å². The van der Waals surface area contributed by atoms with E-state index < -0.39 is 24.0 Å². The highest BCUT2D eigenvalue weighted by Gasteiger charge is 2.30. The Balaban J connectivity index is 4.74. The molecule has 0 spiro atoms. The third kappa shape index (κ3) is 4.70. The molecule has 0 rings (SSSR count). The number of nitrogens with zero attached hydrogens (tertiary/aromatic N) is 1. The number of hydrogen-bond acceptors (Lipinski definition) is 4. The van der Waals surface area contributed by atoms with Crippen LogP contribution in [-0.2, 0) is 9.59 Å². The van der Waals surface area contributed by atoms with Gasteiger partial charge in [-0.05, 0) is 11.8 Å². The molecule has 0 radical (unpaired) electrons. The summed E-state index contributed by atoms with van der Waals surface area (Å²) in [5, 5.41) is 19.5. The van der Waals surface area contributed by atoms with Gasteiger partial charge in [0.25, 0.3) is 0 Å². The molecular weight excluding hydrogens is 224 g/mol.